The van der Waals surface area contributed by atoms with Crippen LogP contribution in [-0.4, -0.2) is 12.1 Å². The molecule has 128 valence electrons. The maximum absolute atomic E-state index is 3.71. The topological polar surface area (TPSA) is 24.1 Å². The van der Waals surface area contributed by atoms with Crippen molar-refractivity contribution in [3.63, 3.8) is 0 Å². The van der Waals surface area contributed by atoms with Crippen LogP contribution >= 0.6 is 31.9 Å². The minimum Gasteiger partial charge on any atom is -0.310 e. The Labute approximate surface area is 161 Å². The average molecular weight is 452 g/mol. The molecule has 2 aromatic rings. The number of hydrogen-bond donors (Lipinski definition) is 2. The van der Waals surface area contributed by atoms with Crippen molar-refractivity contribution < 1.29 is 0 Å². The van der Waals surface area contributed by atoms with Crippen LogP contribution in [-0.2, 0) is 13.1 Å². The molecule has 24 heavy (non-hydrogen) atoms. The summed E-state index contributed by atoms with van der Waals surface area (Å²) >= 11 is 6.97. The van der Waals surface area contributed by atoms with Crippen molar-refractivity contribution in [2.24, 2.45) is 0 Å². The Bertz CT molecular complexity index is 560. The highest BCUT2D eigenvalue weighted by Crippen LogP contribution is 2.20. The lowest BCUT2D eigenvalue weighted by atomic mass is 9.91. The van der Waals surface area contributed by atoms with Crippen molar-refractivity contribution in [3.05, 3.63) is 68.6 Å². The molecule has 1 aliphatic carbocycles. The highest BCUT2D eigenvalue weighted by Gasteiger charge is 2.20. The third kappa shape index (κ3) is 5.69. The molecule has 0 heterocycles. The average Bonchev–Trinajstić information content (AvgIpc) is 2.62. The van der Waals surface area contributed by atoms with Gasteiger partial charge >= 0.3 is 0 Å². The van der Waals surface area contributed by atoms with E-state index in [2.05, 4.69) is 91.0 Å². The van der Waals surface area contributed by atoms with Gasteiger partial charge in [0, 0.05) is 34.1 Å². The van der Waals surface area contributed by atoms with Crippen LogP contribution in [0.2, 0.25) is 0 Å². The van der Waals surface area contributed by atoms with Gasteiger partial charge in [0.2, 0.25) is 0 Å². The predicted octanol–water partition coefficient (Wildman–Crippen LogP) is 5.40. The predicted molar refractivity (Wildman–Crippen MR) is 108 cm³/mol. The first kappa shape index (κ1) is 18.1. The molecule has 0 radical (unpaired) electrons. The lowest BCUT2D eigenvalue weighted by Gasteiger charge is -2.30. The quantitative estimate of drug-likeness (QED) is 0.614. The minimum absolute atomic E-state index is 0.652. The van der Waals surface area contributed by atoms with Crippen molar-refractivity contribution in [1.82, 2.24) is 10.6 Å². The zero-order valence-corrected chi connectivity index (χ0v) is 16.9. The summed E-state index contributed by atoms with van der Waals surface area (Å²) in [6.45, 7) is 1.93. The highest BCUT2D eigenvalue weighted by molar-refractivity contribution is 9.10. The van der Waals surface area contributed by atoms with Crippen molar-refractivity contribution in [1.29, 1.82) is 0 Å². The summed E-state index contributed by atoms with van der Waals surface area (Å²) in [5.41, 5.74) is 2.71. The van der Waals surface area contributed by atoms with Crippen LogP contribution in [0.3, 0.4) is 0 Å². The van der Waals surface area contributed by atoms with Gasteiger partial charge < -0.3 is 10.6 Å². The van der Waals surface area contributed by atoms with Gasteiger partial charge in [-0.15, -0.1) is 0 Å². The third-order valence-corrected chi connectivity index (χ3v) is 5.80. The summed E-state index contributed by atoms with van der Waals surface area (Å²) in [4.78, 5) is 0. The lowest BCUT2D eigenvalue weighted by Crippen LogP contribution is -2.39. The van der Waals surface area contributed by atoms with E-state index in [0.29, 0.717) is 12.1 Å². The molecule has 0 aromatic heterocycles. The monoisotopic (exact) mass is 450 g/mol. The molecule has 2 N–H and O–H groups in total. The second kappa shape index (κ2) is 9.14. The fraction of sp³-hybridized carbons (Fsp3) is 0.400. The minimum atomic E-state index is 0.652. The van der Waals surface area contributed by atoms with E-state index in [1.807, 2.05) is 0 Å². The first-order chi connectivity index (χ1) is 11.7. The number of rotatable bonds is 6. The SMILES string of the molecule is Brc1ccc(CNC2CCC(NCc3ccc(Br)cc3)CC2)cc1. The molecule has 4 heteroatoms. The molecule has 0 saturated heterocycles. The molecular formula is C20H24Br2N2. The number of hydrogen-bond acceptors (Lipinski definition) is 2. The summed E-state index contributed by atoms with van der Waals surface area (Å²) in [6, 6.07) is 18.5. The van der Waals surface area contributed by atoms with Gasteiger partial charge in [-0.1, -0.05) is 56.1 Å². The van der Waals surface area contributed by atoms with E-state index in [1.165, 1.54) is 36.8 Å². The number of halogens is 2. The van der Waals surface area contributed by atoms with E-state index in [-0.39, 0.29) is 0 Å². The molecule has 0 aliphatic heterocycles. The van der Waals surface area contributed by atoms with Crippen molar-refractivity contribution in [2.45, 2.75) is 50.9 Å². The van der Waals surface area contributed by atoms with Crippen LogP contribution in [0.4, 0.5) is 0 Å². The molecule has 1 aliphatic rings. The Kier molecular flexibility index (Phi) is 6.90. The van der Waals surface area contributed by atoms with E-state index >= 15 is 0 Å². The molecule has 2 nitrogen and oxygen atoms in total. The molecule has 0 spiro atoms. The first-order valence-electron chi connectivity index (χ1n) is 8.65. The van der Waals surface area contributed by atoms with Gasteiger partial charge in [-0.2, -0.15) is 0 Å². The summed E-state index contributed by atoms with van der Waals surface area (Å²) in [5.74, 6) is 0. The Morgan fingerprint density at radius 1 is 0.625 bits per heavy atom. The fourth-order valence-corrected chi connectivity index (χ4v) is 3.76. The van der Waals surface area contributed by atoms with Crippen molar-refractivity contribution >= 4 is 31.9 Å². The summed E-state index contributed by atoms with van der Waals surface area (Å²) in [7, 11) is 0. The van der Waals surface area contributed by atoms with Crippen LogP contribution in [0.25, 0.3) is 0 Å². The van der Waals surface area contributed by atoms with Crippen molar-refractivity contribution in [3.8, 4) is 0 Å². The molecule has 3 rings (SSSR count). The maximum Gasteiger partial charge on any atom is 0.0208 e. The lowest BCUT2D eigenvalue weighted by molar-refractivity contribution is 0.305. The maximum atomic E-state index is 3.71. The summed E-state index contributed by atoms with van der Waals surface area (Å²) < 4.78 is 2.28. The molecule has 0 atom stereocenters. The number of nitrogens with one attached hydrogen (secondary N) is 2. The second-order valence-electron chi connectivity index (χ2n) is 6.56. The smallest absolute Gasteiger partial charge is 0.0208 e. The fourth-order valence-electron chi connectivity index (χ4n) is 3.23. The van der Waals surface area contributed by atoms with Gasteiger partial charge in [0.25, 0.3) is 0 Å². The Hall–Kier alpha value is -0.680. The van der Waals surface area contributed by atoms with Gasteiger partial charge in [-0.25, -0.2) is 0 Å². The van der Waals surface area contributed by atoms with Crippen molar-refractivity contribution in [2.75, 3.05) is 0 Å². The molecule has 2 aromatic carbocycles. The van der Waals surface area contributed by atoms with Crippen LogP contribution in [0.15, 0.2) is 57.5 Å². The first-order valence-corrected chi connectivity index (χ1v) is 10.2. The number of benzene rings is 2. The van der Waals surface area contributed by atoms with E-state index in [9.17, 15) is 0 Å². The van der Waals surface area contributed by atoms with Crippen LogP contribution in [0.5, 0.6) is 0 Å². The van der Waals surface area contributed by atoms with Crippen LogP contribution in [0, 0.1) is 0 Å². The molecule has 0 unspecified atom stereocenters. The van der Waals surface area contributed by atoms with Gasteiger partial charge in [0.1, 0.15) is 0 Å². The Morgan fingerprint density at radius 3 is 1.29 bits per heavy atom. The van der Waals surface area contributed by atoms with Crippen LogP contribution < -0.4 is 10.6 Å². The van der Waals surface area contributed by atoms with Gasteiger partial charge in [-0.3, -0.25) is 0 Å². The molecule has 0 amide bonds. The Morgan fingerprint density at radius 2 is 0.958 bits per heavy atom. The van der Waals surface area contributed by atoms with Crippen LogP contribution in [0.1, 0.15) is 36.8 Å². The normalized spacial score (nSPS) is 20.9. The molecule has 1 saturated carbocycles. The zero-order chi connectivity index (χ0) is 16.8. The van der Waals surface area contributed by atoms with E-state index in [0.717, 1.165) is 22.0 Å². The Balaban J connectivity index is 1.36. The van der Waals surface area contributed by atoms with Gasteiger partial charge in [-0.05, 0) is 61.1 Å². The zero-order valence-electron chi connectivity index (χ0n) is 13.8. The molecular weight excluding hydrogens is 428 g/mol. The van der Waals surface area contributed by atoms with E-state index in [4.69, 9.17) is 0 Å². The molecule has 1 fully saturated rings. The van der Waals surface area contributed by atoms with E-state index < -0.39 is 0 Å². The summed E-state index contributed by atoms with van der Waals surface area (Å²) in [5, 5.41) is 7.42. The van der Waals surface area contributed by atoms with Gasteiger partial charge in [0.05, 0.1) is 0 Å². The van der Waals surface area contributed by atoms with E-state index in [1.54, 1.807) is 0 Å². The standard InChI is InChI=1S/C20H24Br2N2/c21-17-5-1-15(2-6-17)13-23-19-9-11-20(12-10-19)24-14-16-3-7-18(22)8-4-16/h1-8,19-20,23-24H,9-14H2. The highest BCUT2D eigenvalue weighted by atomic mass is 79.9. The largest absolute Gasteiger partial charge is 0.310 e. The second-order valence-corrected chi connectivity index (χ2v) is 8.39. The third-order valence-electron chi connectivity index (χ3n) is 4.74. The van der Waals surface area contributed by atoms with Gasteiger partial charge in [0.15, 0.2) is 0 Å². The summed E-state index contributed by atoms with van der Waals surface area (Å²) in [6.07, 6.45) is 5.03. The molecule has 0 bridgehead atoms.